The van der Waals surface area contributed by atoms with Crippen LogP contribution in [0.25, 0.3) is 22.1 Å². The number of piperidine rings is 1. The summed E-state index contributed by atoms with van der Waals surface area (Å²) in [5.41, 5.74) is 15.2. The second-order valence-corrected chi connectivity index (χ2v) is 18.9. The Morgan fingerprint density at radius 3 is 1.70 bits per heavy atom. The lowest BCUT2D eigenvalue weighted by atomic mass is 9.99. The van der Waals surface area contributed by atoms with Gasteiger partial charge in [0.1, 0.15) is 40.5 Å². The fourth-order valence-electron chi connectivity index (χ4n) is 8.76. The van der Waals surface area contributed by atoms with E-state index in [1.165, 1.54) is 40.0 Å². The van der Waals surface area contributed by atoms with E-state index in [4.69, 9.17) is 30.9 Å². The minimum Gasteiger partial charge on any atom is -0.494 e. The monoisotopic (exact) mass is 991 g/mol. The van der Waals surface area contributed by atoms with Gasteiger partial charge < -0.3 is 35.4 Å². The number of aryl methyl sites for hydroxylation is 4. The van der Waals surface area contributed by atoms with Gasteiger partial charge in [0.2, 0.25) is 23.7 Å². The van der Waals surface area contributed by atoms with Crippen molar-refractivity contribution in [2.24, 2.45) is 17.4 Å². The van der Waals surface area contributed by atoms with Crippen molar-refractivity contribution in [2.75, 3.05) is 63.6 Å². The highest BCUT2D eigenvalue weighted by Crippen LogP contribution is 2.33. The van der Waals surface area contributed by atoms with E-state index < -0.39 is 33.8 Å². The first kappa shape index (κ1) is 49.8. The maximum atomic E-state index is 13.9. The molecule has 23 nitrogen and oxygen atoms in total. The summed E-state index contributed by atoms with van der Waals surface area (Å²) < 4.78 is 48.1. The Balaban J connectivity index is 1.10. The number of nitrogens with zero attached hydrogens (tertiary/aromatic N) is 10. The van der Waals surface area contributed by atoms with Gasteiger partial charge in [-0.3, -0.25) is 39.2 Å². The maximum absolute atomic E-state index is 13.9. The number of aromatic nitrogens is 8. The third-order valence-electron chi connectivity index (χ3n) is 12.3. The SMILES string of the molecule is CCn1nc(C)cc1C(=O)Nc1nc2cc(C(N)=O)cc(OC)c2n1CC=CCn1c(NC(=O)c2cc(C)nn2CC)nc2cc(C(N)=O)cc(OCC#CC3CCN(S(=O)(=O)N4CCNCC4)CC3)c21. The zero-order chi connectivity index (χ0) is 50.6. The Labute approximate surface area is 409 Å². The van der Waals surface area contributed by atoms with Crippen LogP contribution in [-0.4, -0.2) is 132 Å². The maximum Gasteiger partial charge on any atom is 0.282 e. The third-order valence-corrected chi connectivity index (χ3v) is 14.3. The van der Waals surface area contributed by atoms with Crippen LogP contribution in [0.3, 0.4) is 0 Å². The van der Waals surface area contributed by atoms with Crippen molar-refractivity contribution in [3.05, 3.63) is 82.5 Å². The van der Waals surface area contributed by atoms with Gasteiger partial charge >= 0.3 is 0 Å². The molecule has 4 amide bonds. The number of benzene rings is 2. The highest BCUT2D eigenvalue weighted by molar-refractivity contribution is 7.86. The normalized spacial score (nSPS) is 15.0. The number of carbonyl (C=O) groups is 4. The summed E-state index contributed by atoms with van der Waals surface area (Å²) in [6.45, 7) is 11.2. The van der Waals surface area contributed by atoms with Crippen LogP contribution in [0, 0.1) is 31.6 Å². The summed E-state index contributed by atoms with van der Waals surface area (Å²) in [4.78, 5) is 62.1. The number of nitrogens with one attached hydrogen (secondary N) is 3. The number of piperazine rings is 1. The van der Waals surface area contributed by atoms with Crippen LogP contribution < -0.4 is 36.9 Å². The summed E-state index contributed by atoms with van der Waals surface area (Å²) in [7, 11) is -2.10. The average molecular weight is 992 g/mol. The van der Waals surface area contributed by atoms with E-state index in [-0.39, 0.29) is 54.4 Å². The van der Waals surface area contributed by atoms with E-state index in [0.29, 0.717) is 116 Å². The van der Waals surface area contributed by atoms with E-state index in [9.17, 15) is 27.6 Å². The highest BCUT2D eigenvalue weighted by atomic mass is 32.2. The molecule has 0 spiro atoms. The number of anilines is 2. The number of carbonyl (C=O) groups excluding carboxylic acids is 4. The Kier molecular flexibility index (Phi) is 14.9. The van der Waals surface area contributed by atoms with Crippen LogP contribution >= 0.6 is 0 Å². The van der Waals surface area contributed by atoms with Gasteiger partial charge in [0.05, 0.1) is 29.5 Å². The lowest BCUT2D eigenvalue weighted by molar-refractivity contribution is 0.0991. The first-order valence-corrected chi connectivity index (χ1v) is 24.7. The minimum absolute atomic E-state index is 0.0570. The van der Waals surface area contributed by atoms with Gasteiger partial charge in [-0.25, -0.2) is 9.97 Å². The molecular formula is C47H57N15O8S. The predicted octanol–water partition coefficient (Wildman–Crippen LogP) is 2.65. The molecule has 0 aliphatic carbocycles. The molecule has 2 aliphatic rings. The number of ether oxygens (including phenoxy) is 2. The molecule has 2 fully saturated rings. The van der Waals surface area contributed by atoms with Gasteiger partial charge in [0.25, 0.3) is 22.0 Å². The fraction of sp³-hybridized carbons (Fsp3) is 0.404. The zero-order valence-corrected chi connectivity index (χ0v) is 41.0. The molecule has 0 unspecified atom stereocenters. The lowest BCUT2D eigenvalue weighted by Gasteiger charge is -2.35. The predicted molar refractivity (Wildman–Crippen MR) is 264 cm³/mol. The van der Waals surface area contributed by atoms with E-state index in [0.717, 1.165) is 0 Å². The molecule has 2 saturated heterocycles. The van der Waals surface area contributed by atoms with Crippen LogP contribution in [0.15, 0.2) is 48.6 Å². The smallest absolute Gasteiger partial charge is 0.282 e. The third kappa shape index (κ3) is 10.6. The molecule has 6 heterocycles. The van der Waals surface area contributed by atoms with Gasteiger partial charge in [-0.1, -0.05) is 24.0 Å². The first-order chi connectivity index (χ1) is 34.1. The second kappa shape index (κ2) is 21.2. The van der Waals surface area contributed by atoms with Gasteiger partial charge in [-0.05, 0) is 76.9 Å². The van der Waals surface area contributed by atoms with Crippen molar-refractivity contribution < 1.29 is 37.1 Å². The van der Waals surface area contributed by atoms with E-state index in [1.54, 1.807) is 44.5 Å². The van der Waals surface area contributed by atoms with Crippen molar-refractivity contribution in [1.29, 1.82) is 0 Å². The topological polar surface area (TPSA) is 287 Å². The molecule has 2 aromatic carbocycles. The molecule has 71 heavy (non-hydrogen) atoms. The molecule has 24 heteroatoms. The molecule has 4 aromatic heterocycles. The first-order valence-electron chi connectivity index (χ1n) is 23.3. The number of rotatable bonds is 17. The van der Waals surface area contributed by atoms with Crippen molar-refractivity contribution in [3.8, 4) is 23.3 Å². The van der Waals surface area contributed by atoms with E-state index in [1.807, 2.05) is 26.0 Å². The number of hydrogen-bond acceptors (Lipinski definition) is 13. The van der Waals surface area contributed by atoms with E-state index in [2.05, 4.69) is 38.0 Å². The molecule has 2 aliphatic heterocycles. The summed E-state index contributed by atoms with van der Waals surface area (Å²) in [5.74, 6) is 4.72. The van der Waals surface area contributed by atoms with Crippen LogP contribution in [0.2, 0.25) is 0 Å². The lowest BCUT2D eigenvalue weighted by Crippen LogP contribution is -2.53. The van der Waals surface area contributed by atoms with Crippen LogP contribution in [0.1, 0.15) is 79.8 Å². The van der Waals surface area contributed by atoms with Crippen molar-refractivity contribution in [2.45, 2.75) is 66.7 Å². The molecule has 0 radical (unpaired) electrons. The summed E-state index contributed by atoms with van der Waals surface area (Å²) in [6, 6.07) is 9.38. The van der Waals surface area contributed by atoms with Crippen molar-refractivity contribution in [3.63, 3.8) is 0 Å². The summed E-state index contributed by atoms with van der Waals surface area (Å²) in [5, 5.41) is 17.9. The Bertz CT molecular complexity index is 3230. The molecule has 0 saturated carbocycles. The van der Waals surface area contributed by atoms with Gasteiger partial charge in [-0.15, -0.1) is 0 Å². The minimum atomic E-state index is -3.55. The van der Waals surface area contributed by atoms with Crippen molar-refractivity contribution in [1.82, 2.24) is 52.6 Å². The summed E-state index contributed by atoms with van der Waals surface area (Å²) in [6.07, 6.45) is 4.75. The van der Waals surface area contributed by atoms with Crippen LogP contribution in [0.4, 0.5) is 11.9 Å². The molecule has 0 bridgehead atoms. The van der Waals surface area contributed by atoms with Gasteiger partial charge in [-0.2, -0.15) is 27.2 Å². The molecular weight excluding hydrogens is 935 g/mol. The Morgan fingerprint density at radius 2 is 1.23 bits per heavy atom. The summed E-state index contributed by atoms with van der Waals surface area (Å²) >= 11 is 0. The average Bonchev–Trinajstić information content (AvgIpc) is 4.13. The van der Waals surface area contributed by atoms with E-state index >= 15 is 0 Å². The molecule has 6 aromatic rings. The quantitative estimate of drug-likeness (QED) is 0.0650. The number of hydrogen-bond donors (Lipinski definition) is 5. The largest absolute Gasteiger partial charge is 0.494 e. The molecule has 8 rings (SSSR count). The molecule has 0 atom stereocenters. The molecule has 7 N–H and O–H groups in total. The number of fused-ring (bicyclic) bond motifs is 2. The Hall–Kier alpha value is -7.59. The van der Waals surface area contributed by atoms with Crippen LogP contribution in [-0.2, 0) is 36.4 Å². The molecule has 374 valence electrons. The van der Waals surface area contributed by atoms with Gasteiger partial charge in [0, 0.05) is 82.5 Å². The number of imidazole rings is 2. The second-order valence-electron chi connectivity index (χ2n) is 17.0. The van der Waals surface area contributed by atoms with Crippen molar-refractivity contribution >= 4 is 67.8 Å². The van der Waals surface area contributed by atoms with Crippen LogP contribution in [0.5, 0.6) is 11.5 Å². The number of nitrogens with two attached hydrogens (primary N) is 2. The standard InChI is InChI=1S/C47H57N15O8S/c1-6-61-36(23-29(3)55-61)44(65)53-46-51-34-25-32(42(48)63)27-38(69-5)40(34)59(46)16-8-9-17-60-41-35(52-47(60)54-45(66)37-24-30(4)56-62(37)7-2)26-33(43(49)64)28-39(41)70-22-10-11-31-12-18-57(19-13-31)71(67,68)58-20-14-50-15-21-58/h8-9,23-28,31,50H,6-7,12-22H2,1-5H3,(H2,48,63)(H2,49,64)(H,51,53,65)(H,52,54,66). The number of methoxy groups -OCH3 is 1. The van der Waals surface area contributed by atoms with Gasteiger partial charge in [0.15, 0.2) is 0 Å². The fourth-order valence-corrected chi connectivity index (χ4v) is 10.4. The number of primary amides is 2. The number of amides is 4. The Morgan fingerprint density at radius 1 is 0.746 bits per heavy atom. The number of allylic oxidation sites excluding steroid dienone is 2. The zero-order valence-electron chi connectivity index (χ0n) is 40.2. The highest BCUT2D eigenvalue weighted by Gasteiger charge is 2.33.